The number of alkyl carbamates (subject to hydrolysis) is 2. The van der Waals surface area contributed by atoms with Crippen LogP contribution in [0.1, 0.15) is 191 Å². The molecule has 0 radical (unpaired) electrons. The smallest absolute Gasteiger partial charge is 0.407 e. The molecule has 0 bridgehead atoms. The summed E-state index contributed by atoms with van der Waals surface area (Å²) in [6.45, 7) is 16.9. The van der Waals surface area contributed by atoms with Crippen LogP contribution >= 0.6 is 0 Å². The van der Waals surface area contributed by atoms with E-state index in [1.54, 1.807) is 55.4 Å². The number of amides is 5. The Hall–Kier alpha value is -3.58. The first-order valence-corrected chi connectivity index (χ1v) is 21.8. The lowest BCUT2D eigenvalue weighted by atomic mass is 10.0. The van der Waals surface area contributed by atoms with Crippen LogP contribution < -0.4 is 26.6 Å². The summed E-state index contributed by atoms with van der Waals surface area (Å²) in [6.07, 6.45) is 17.0. The van der Waals surface area contributed by atoms with Gasteiger partial charge in [0.25, 0.3) is 0 Å². The topological polar surface area (TPSA) is 201 Å². The predicted octanol–water partition coefficient (Wildman–Crippen LogP) is 8.05. The van der Waals surface area contributed by atoms with Crippen molar-refractivity contribution in [3.8, 4) is 0 Å². The van der Waals surface area contributed by atoms with Crippen LogP contribution in [0.2, 0.25) is 0 Å². The Morgan fingerprint density at radius 1 is 0.526 bits per heavy atom. The number of rotatable bonds is 31. The van der Waals surface area contributed by atoms with E-state index < -0.39 is 59.3 Å². The maximum atomic E-state index is 13.7. The van der Waals surface area contributed by atoms with E-state index in [0.29, 0.717) is 38.6 Å². The highest BCUT2D eigenvalue weighted by Crippen LogP contribution is 2.14. The molecule has 0 aromatic heterocycles. The molecule has 0 rings (SSSR count). The van der Waals surface area contributed by atoms with Gasteiger partial charge in [0.15, 0.2) is 0 Å². The molecule has 0 fully saturated rings. The van der Waals surface area contributed by atoms with Crippen LogP contribution in [0, 0.1) is 5.92 Å². The molecular weight excluding hydrogens is 730 g/mol. The normalized spacial score (nSPS) is 13.2. The largest absolute Gasteiger partial charge is 0.480 e. The fourth-order valence-corrected chi connectivity index (χ4v) is 6.10. The van der Waals surface area contributed by atoms with Gasteiger partial charge in [-0.2, -0.15) is 0 Å². The SMILES string of the molecule is CCCCCCCCCCCCCCCC(=O)N[C@@H](CCCCNC(=O)OC(C)(C)C)C(=O)N[C@H](C(=O)NC(CCCCNC(=O)OC(C)(C)C)C(=O)O)C(C)C. The summed E-state index contributed by atoms with van der Waals surface area (Å²) in [7, 11) is 0. The zero-order valence-corrected chi connectivity index (χ0v) is 37.1. The van der Waals surface area contributed by atoms with E-state index in [9.17, 15) is 33.9 Å². The third-order valence-electron chi connectivity index (χ3n) is 9.20. The molecule has 5 amide bonds. The van der Waals surface area contributed by atoms with Crippen molar-refractivity contribution in [2.24, 2.45) is 5.92 Å². The van der Waals surface area contributed by atoms with E-state index in [2.05, 4.69) is 33.5 Å². The van der Waals surface area contributed by atoms with Crippen molar-refractivity contribution in [1.82, 2.24) is 26.6 Å². The highest BCUT2D eigenvalue weighted by molar-refractivity contribution is 5.93. The van der Waals surface area contributed by atoms with E-state index in [-0.39, 0.29) is 37.6 Å². The molecule has 14 nitrogen and oxygen atoms in total. The molecule has 0 saturated carbocycles. The summed E-state index contributed by atoms with van der Waals surface area (Å²) in [5.41, 5.74) is -1.27. The van der Waals surface area contributed by atoms with Crippen molar-refractivity contribution in [2.45, 2.75) is 220 Å². The van der Waals surface area contributed by atoms with Crippen LogP contribution in [-0.2, 0) is 28.7 Å². The first-order valence-electron chi connectivity index (χ1n) is 21.8. The minimum absolute atomic E-state index is 0.116. The second-order valence-corrected chi connectivity index (χ2v) is 17.6. The molecule has 0 aromatic carbocycles. The van der Waals surface area contributed by atoms with E-state index in [1.807, 2.05) is 0 Å². The van der Waals surface area contributed by atoms with Gasteiger partial charge in [0, 0.05) is 19.5 Å². The van der Waals surface area contributed by atoms with Crippen LogP contribution in [0.4, 0.5) is 9.59 Å². The maximum absolute atomic E-state index is 13.7. The number of nitrogens with one attached hydrogen (secondary N) is 5. The quantitative estimate of drug-likeness (QED) is 0.0375. The van der Waals surface area contributed by atoms with Crippen LogP contribution in [0.25, 0.3) is 0 Å². The minimum Gasteiger partial charge on any atom is -0.480 e. The lowest BCUT2D eigenvalue weighted by molar-refractivity contribution is -0.142. The van der Waals surface area contributed by atoms with Gasteiger partial charge in [-0.05, 0) is 92.4 Å². The fourth-order valence-electron chi connectivity index (χ4n) is 6.10. The Kier molecular flexibility index (Phi) is 28.6. The summed E-state index contributed by atoms with van der Waals surface area (Å²) in [4.78, 5) is 76.1. The number of ether oxygens (including phenoxy) is 2. The monoisotopic (exact) mass is 812 g/mol. The molecule has 0 heterocycles. The summed E-state index contributed by atoms with van der Waals surface area (Å²) in [6, 6.07) is -3.18. The molecule has 0 aliphatic rings. The van der Waals surface area contributed by atoms with Gasteiger partial charge in [-0.3, -0.25) is 14.4 Å². The van der Waals surface area contributed by atoms with E-state index in [1.165, 1.54) is 57.8 Å². The molecule has 14 heteroatoms. The standard InChI is InChI=1S/C43H81N5O9/c1-10-11-12-13-14-15-16-17-18-19-20-21-22-29-35(49)46-33(27-23-25-30-44-40(54)56-42(4,5)6)37(50)48-36(32(2)3)38(51)47-34(39(52)53)28-24-26-31-45-41(55)57-43(7,8)9/h32-34,36H,10-31H2,1-9H3,(H,44,54)(H,45,55)(H,46,49)(H,47,51)(H,48,50)(H,52,53)/t33-,34?,36-/m0/s1. The number of hydrogen-bond donors (Lipinski definition) is 6. The summed E-state index contributed by atoms with van der Waals surface area (Å²) >= 11 is 0. The van der Waals surface area contributed by atoms with Crippen molar-refractivity contribution in [3.63, 3.8) is 0 Å². The van der Waals surface area contributed by atoms with Gasteiger partial charge < -0.3 is 41.2 Å². The van der Waals surface area contributed by atoms with E-state index in [4.69, 9.17) is 9.47 Å². The molecule has 0 aromatic rings. The average Bonchev–Trinajstić information content (AvgIpc) is 3.09. The summed E-state index contributed by atoms with van der Waals surface area (Å²) in [5.74, 6) is -3.03. The molecule has 6 N–H and O–H groups in total. The van der Waals surface area contributed by atoms with Crippen molar-refractivity contribution in [3.05, 3.63) is 0 Å². The van der Waals surface area contributed by atoms with Crippen molar-refractivity contribution in [1.29, 1.82) is 0 Å². The highest BCUT2D eigenvalue weighted by atomic mass is 16.6. The molecule has 3 atom stereocenters. The third-order valence-corrected chi connectivity index (χ3v) is 9.20. The van der Waals surface area contributed by atoms with Crippen LogP contribution in [0.5, 0.6) is 0 Å². The van der Waals surface area contributed by atoms with E-state index >= 15 is 0 Å². The first-order chi connectivity index (χ1) is 26.8. The van der Waals surface area contributed by atoms with Gasteiger partial charge in [0.1, 0.15) is 29.3 Å². The molecule has 0 aliphatic heterocycles. The molecule has 0 spiro atoms. The van der Waals surface area contributed by atoms with Crippen LogP contribution in [0.15, 0.2) is 0 Å². The van der Waals surface area contributed by atoms with Gasteiger partial charge >= 0.3 is 18.2 Å². The molecule has 332 valence electrons. The van der Waals surface area contributed by atoms with Gasteiger partial charge in [0.2, 0.25) is 17.7 Å². The second kappa shape index (κ2) is 30.5. The molecule has 0 saturated heterocycles. The van der Waals surface area contributed by atoms with Crippen molar-refractivity contribution in [2.75, 3.05) is 13.1 Å². The summed E-state index contributed by atoms with van der Waals surface area (Å²) in [5, 5.41) is 23.4. The molecule has 1 unspecified atom stereocenters. The lowest BCUT2D eigenvalue weighted by Gasteiger charge is -2.27. The van der Waals surface area contributed by atoms with Crippen LogP contribution in [0.3, 0.4) is 0 Å². The first kappa shape index (κ1) is 53.4. The second-order valence-electron chi connectivity index (χ2n) is 17.6. The Morgan fingerprint density at radius 2 is 0.947 bits per heavy atom. The van der Waals surface area contributed by atoms with Crippen LogP contribution in [-0.4, -0.2) is 83.4 Å². The molecular formula is C43H81N5O9. The molecule has 0 aliphatic carbocycles. The van der Waals surface area contributed by atoms with Gasteiger partial charge in [-0.25, -0.2) is 14.4 Å². The number of unbranched alkanes of at least 4 members (excludes halogenated alkanes) is 14. The Morgan fingerprint density at radius 3 is 1.35 bits per heavy atom. The maximum Gasteiger partial charge on any atom is 0.407 e. The van der Waals surface area contributed by atoms with E-state index in [0.717, 1.165) is 19.3 Å². The number of carbonyl (C=O) groups is 6. The highest BCUT2D eigenvalue weighted by Gasteiger charge is 2.31. The zero-order chi connectivity index (χ0) is 43.3. The van der Waals surface area contributed by atoms with Gasteiger partial charge in [-0.1, -0.05) is 97.8 Å². The number of carboxylic acids is 1. The zero-order valence-electron chi connectivity index (χ0n) is 37.1. The third kappa shape index (κ3) is 31.1. The Balaban J connectivity index is 5.18. The lowest BCUT2D eigenvalue weighted by Crippen LogP contribution is -2.57. The number of aliphatic carboxylic acids is 1. The number of carbonyl (C=O) groups excluding carboxylic acids is 5. The Bertz CT molecular complexity index is 1170. The summed E-state index contributed by atoms with van der Waals surface area (Å²) < 4.78 is 10.5. The Labute approximate surface area is 344 Å². The minimum atomic E-state index is -1.21. The van der Waals surface area contributed by atoms with Gasteiger partial charge in [0.05, 0.1) is 0 Å². The molecule has 57 heavy (non-hydrogen) atoms. The number of hydrogen-bond acceptors (Lipinski definition) is 8. The van der Waals surface area contributed by atoms with Crippen molar-refractivity contribution < 1.29 is 43.3 Å². The number of carboxylic acid groups (broad SMARTS) is 1. The fraction of sp³-hybridized carbons (Fsp3) is 0.860. The predicted molar refractivity (Wildman–Crippen MR) is 225 cm³/mol. The van der Waals surface area contributed by atoms with Crippen molar-refractivity contribution >= 4 is 35.9 Å². The van der Waals surface area contributed by atoms with Gasteiger partial charge in [-0.15, -0.1) is 0 Å². The average molecular weight is 812 g/mol.